The monoisotopic (exact) mass is 368 g/mol. The highest BCUT2D eigenvalue weighted by Crippen LogP contribution is 2.20. The summed E-state index contributed by atoms with van der Waals surface area (Å²) in [6, 6.07) is 3.57. The first-order chi connectivity index (χ1) is 11.7. The predicted molar refractivity (Wildman–Crippen MR) is 91.3 cm³/mol. The number of nitrogens with one attached hydrogen (secondary N) is 4. The molecule has 1 aromatic heterocycles. The number of aromatic nitrogens is 2. The van der Waals surface area contributed by atoms with E-state index in [-0.39, 0.29) is 40.4 Å². The van der Waals surface area contributed by atoms with E-state index in [2.05, 4.69) is 30.9 Å². The third-order valence-corrected chi connectivity index (χ3v) is 3.18. The Balaban J connectivity index is 2.01. The van der Waals surface area contributed by atoms with E-state index in [0.717, 1.165) is 0 Å². The molecule has 2 amide bonds. The van der Waals surface area contributed by atoms with Crippen LogP contribution in [0.1, 0.15) is 32.2 Å². The van der Waals surface area contributed by atoms with Crippen LogP contribution >= 0.6 is 11.6 Å². The second kappa shape index (κ2) is 7.47. The lowest BCUT2D eigenvalue weighted by Gasteiger charge is -2.20. The molecule has 0 unspecified atom stereocenters. The van der Waals surface area contributed by atoms with Crippen molar-refractivity contribution in [3.05, 3.63) is 40.4 Å². The molecule has 0 aliphatic heterocycles. The van der Waals surface area contributed by atoms with Crippen molar-refractivity contribution in [2.75, 3.05) is 5.32 Å². The topological polar surface area (TPSA) is 116 Å². The lowest BCUT2D eigenvalue weighted by molar-refractivity contribution is 0.231. The maximum absolute atomic E-state index is 13.2. The molecule has 1 aromatic carbocycles. The van der Waals surface area contributed by atoms with Crippen LogP contribution < -0.4 is 16.0 Å². The normalized spacial score (nSPS) is 11.1. The number of urea groups is 1. The van der Waals surface area contributed by atoms with Gasteiger partial charge in [0.1, 0.15) is 11.5 Å². The highest BCUT2D eigenvalue weighted by molar-refractivity contribution is 6.31. The molecule has 0 radical (unpaired) electrons. The van der Waals surface area contributed by atoms with Gasteiger partial charge in [-0.3, -0.25) is 5.41 Å². The molecule has 1 heterocycles. The summed E-state index contributed by atoms with van der Waals surface area (Å²) in [5.74, 6) is -0.687. The third kappa shape index (κ3) is 5.42. The van der Waals surface area contributed by atoms with Crippen molar-refractivity contribution in [2.45, 2.75) is 32.9 Å². The van der Waals surface area contributed by atoms with Crippen LogP contribution in [-0.4, -0.2) is 27.7 Å². The third-order valence-electron chi connectivity index (χ3n) is 2.89. The molecule has 0 saturated carbocycles. The number of carbonyl (C=O) groups is 1. The highest BCUT2D eigenvalue weighted by atomic mass is 35.5. The molecule has 0 fully saturated rings. The van der Waals surface area contributed by atoms with E-state index in [9.17, 15) is 9.18 Å². The number of nitrogens with zero attached hydrogens (tertiary/aromatic N) is 2. The van der Waals surface area contributed by atoms with E-state index < -0.39 is 5.82 Å². The smallest absolute Gasteiger partial charge is 0.315 e. The number of benzene rings is 1. The molecule has 0 aliphatic carbocycles. The summed E-state index contributed by atoms with van der Waals surface area (Å²) >= 11 is 5.70. The number of halogens is 2. The molecule has 2 aromatic rings. The minimum Gasteiger partial charge on any atom is -0.339 e. The van der Waals surface area contributed by atoms with Crippen LogP contribution in [0.25, 0.3) is 0 Å². The van der Waals surface area contributed by atoms with Crippen LogP contribution in [0.3, 0.4) is 0 Å². The second-order valence-electron chi connectivity index (χ2n) is 6.25. The molecule has 0 bridgehead atoms. The Morgan fingerprint density at radius 3 is 2.72 bits per heavy atom. The first kappa shape index (κ1) is 18.7. The van der Waals surface area contributed by atoms with Crippen molar-refractivity contribution >= 4 is 29.2 Å². The summed E-state index contributed by atoms with van der Waals surface area (Å²) < 4.78 is 17.8. The van der Waals surface area contributed by atoms with Gasteiger partial charge >= 0.3 is 6.03 Å². The zero-order chi connectivity index (χ0) is 18.6. The number of hydrogen-bond acceptors (Lipinski definition) is 5. The summed E-state index contributed by atoms with van der Waals surface area (Å²) in [5.41, 5.74) is 0.417. The Hall–Kier alpha value is -2.68. The summed E-state index contributed by atoms with van der Waals surface area (Å²) in [4.78, 5) is 11.8. The average molecular weight is 369 g/mol. The SMILES string of the molecule is CC(C)(C)NC(=O)NCc1nonc1C(=N)Nc1ccc(F)c(Cl)c1. The summed E-state index contributed by atoms with van der Waals surface area (Å²) in [5, 5.41) is 23.4. The van der Waals surface area contributed by atoms with Crippen molar-refractivity contribution < 1.29 is 13.8 Å². The number of rotatable bonds is 4. The van der Waals surface area contributed by atoms with Gasteiger partial charge in [-0.25, -0.2) is 13.8 Å². The molecule has 4 N–H and O–H groups in total. The lowest BCUT2D eigenvalue weighted by atomic mass is 10.1. The zero-order valence-electron chi connectivity index (χ0n) is 13.9. The number of amides is 2. The van der Waals surface area contributed by atoms with Crippen LogP contribution in [0, 0.1) is 11.2 Å². The van der Waals surface area contributed by atoms with Gasteiger partial charge in [-0.1, -0.05) is 16.8 Å². The zero-order valence-corrected chi connectivity index (χ0v) is 14.7. The van der Waals surface area contributed by atoms with Crippen LogP contribution in [0.5, 0.6) is 0 Å². The molecule has 134 valence electrons. The van der Waals surface area contributed by atoms with Crippen molar-refractivity contribution in [1.82, 2.24) is 20.9 Å². The van der Waals surface area contributed by atoms with Crippen LogP contribution in [0.4, 0.5) is 14.9 Å². The first-order valence-electron chi connectivity index (χ1n) is 7.34. The number of hydrogen-bond donors (Lipinski definition) is 4. The van der Waals surface area contributed by atoms with Crippen molar-refractivity contribution in [3.8, 4) is 0 Å². The standard InChI is InChI=1S/C15H18ClFN6O2/c1-15(2,3)21-14(24)19-7-11-12(23-25-22-11)13(18)20-8-4-5-10(17)9(16)6-8/h4-6H,7H2,1-3H3,(H2,18,20)(H2,19,21,24). The Morgan fingerprint density at radius 2 is 2.08 bits per heavy atom. The van der Waals surface area contributed by atoms with E-state index in [1.165, 1.54) is 18.2 Å². The molecule has 0 atom stereocenters. The van der Waals surface area contributed by atoms with Crippen molar-refractivity contribution in [3.63, 3.8) is 0 Å². The summed E-state index contributed by atoms with van der Waals surface area (Å²) in [6.45, 7) is 5.57. The molecule has 2 rings (SSSR count). The summed E-state index contributed by atoms with van der Waals surface area (Å²) in [6.07, 6.45) is 0. The van der Waals surface area contributed by atoms with E-state index in [4.69, 9.17) is 17.0 Å². The Morgan fingerprint density at radius 1 is 1.36 bits per heavy atom. The minimum atomic E-state index is -0.559. The minimum absolute atomic E-state index is 0.0228. The Labute approximate surface area is 148 Å². The summed E-state index contributed by atoms with van der Waals surface area (Å²) in [7, 11) is 0. The van der Waals surface area contributed by atoms with Crippen LogP contribution in [0.2, 0.25) is 5.02 Å². The largest absolute Gasteiger partial charge is 0.339 e. The van der Waals surface area contributed by atoms with E-state index in [0.29, 0.717) is 5.69 Å². The Kier molecular flexibility index (Phi) is 5.58. The van der Waals surface area contributed by atoms with E-state index in [1.54, 1.807) is 0 Å². The van der Waals surface area contributed by atoms with Gasteiger partial charge in [-0.05, 0) is 44.1 Å². The highest BCUT2D eigenvalue weighted by Gasteiger charge is 2.18. The fraction of sp³-hybridized carbons (Fsp3) is 0.333. The Bertz CT molecular complexity index is 787. The van der Waals surface area contributed by atoms with Crippen molar-refractivity contribution in [2.24, 2.45) is 0 Å². The van der Waals surface area contributed by atoms with Gasteiger partial charge in [0.15, 0.2) is 11.5 Å². The number of carbonyl (C=O) groups excluding carboxylic acids is 1. The molecular weight excluding hydrogens is 351 g/mol. The van der Waals surface area contributed by atoms with E-state index in [1.807, 2.05) is 20.8 Å². The predicted octanol–water partition coefficient (Wildman–Crippen LogP) is 2.90. The van der Waals surface area contributed by atoms with Gasteiger partial charge in [0.25, 0.3) is 0 Å². The molecule has 10 heteroatoms. The maximum atomic E-state index is 13.2. The molecule has 0 saturated heterocycles. The first-order valence-corrected chi connectivity index (χ1v) is 7.72. The average Bonchev–Trinajstić information content (AvgIpc) is 2.96. The van der Waals surface area contributed by atoms with Gasteiger partial charge in [-0.15, -0.1) is 0 Å². The van der Waals surface area contributed by atoms with E-state index >= 15 is 0 Å². The lowest BCUT2D eigenvalue weighted by Crippen LogP contribution is -2.46. The fourth-order valence-corrected chi connectivity index (χ4v) is 2.02. The van der Waals surface area contributed by atoms with Gasteiger partial charge in [0.05, 0.1) is 11.6 Å². The quantitative estimate of drug-likeness (QED) is 0.489. The molecule has 0 aliphatic rings. The molecular formula is C15H18ClFN6O2. The molecule has 8 nitrogen and oxygen atoms in total. The van der Waals surface area contributed by atoms with Gasteiger partial charge < -0.3 is 16.0 Å². The number of anilines is 1. The second-order valence-corrected chi connectivity index (χ2v) is 6.65. The van der Waals surface area contributed by atoms with Gasteiger partial charge in [0, 0.05) is 11.2 Å². The fourth-order valence-electron chi connectivity index (χ4n) is 1.84. The van der Waals surface area contributed by atoms with Crippen molar-refractivity contribution in [1.29, 1.82) is 5.41 Å². The van der Waals surface area contributed by atoms with Gasteiger partial charge in [0.2, 0.25) is 0 Å². The van der Waals surface area contributed by atoms with Crippen LogP contribution in [-0.2, 0) is 6.54 Å². The van der Waals surface area contributed by atoms with Crippen LogP contribution in [0.15, 0.2) is 22.8 Å². The molecule has 0 spiro atoms. The molecule has 25 heavy (non-hydrogen) atoms. The van der Waals surface area contributed by atoms with Gasteiger partial charge in [-0.2, -0.15) is 0 Å². The maximum Gasteiger partial charge on any atom is 0.315 e. The number of amidine groups is 1.